The average Bonchev–Trinajstić information content (AvgIpc) is 2.70. The van der Waals surface area contributed by atoms with Crippen LogP contribution in [0.4, 0.5) is 4.79 Å². The molecule has 6 heteroatoms. The first-order valence-electron chi connectivity index (χ1n) is 6.11. The first-order valence-corrected chi connectivity index (χ1v) is 6.11. The molecule has 0 saturated carbocycles. The maximum atomic E-state index is 12.1. The molecule has 2 aliphatic heterocycles. The highest BCUT2D eigenvalue weighted by Crippen LogP contribution is 2.35. The van der Waals surface area contributed by atoms with Gasteiger partial charge in [0.25, 0.3) is 0 Å². The Hall–Kier alpha value is -1.30. The lowest BCUT2D eigenvalue weighted by molar-refractivity contribution is -0.142. The van der Waals surface area contributed by atoms with Gasteiger partial charge in [0.05, 0.1) is 19.3 Å². The number of fused-ring (bicyclic) bond motifs is 1. The zero-order chi connectivity index (χ0) is 13.5. The quantitative estimate of drug-likeness (QED) is 0.761. The number of nitrogens with zero attached hydrogens (tertiary/aromatic N) is 1. The zero-order valence-corrected chi connectivity index (χ0v) is 10.9. The Morgan fingerprint density at radius 2 is 2.00 bits per heavy atom. The molecular formula is C12H19NO5. The van der Waals surface area contributed by atoms with Gasteiger partial charge in [-0.1, -0.05) is 0 Å². The normalized spacial score (nSPS) is 31.3. The Labute approximate surface area is 106 Å². The fraction of sp³-hybridized carbons (Fsp3) is 0.833. The van der Waals surface area contributed by atoms with Gasteiger partial charge in [-0.25, -0.2) is 9.59 Å². The van der Waals surface area contributed by atoms with Crippen LogP contribution in [-0.2, 0) is 14.3 Å². The van der Waals surface area contributed by atoms with Crippen molar-refractivity contribution in [3.05, 3.63) is 0 Å². The molecule has 2 fully saturated rings. The number of carbonyl (C=O) groups excluding carboxylic acids is 1. The number of likely N-dealkylation sites (tertiary alicyclic amines) is 1. The number of hydrogen-bond acceptors (Lipinski definition) is 4. The van der Waals surface area contributed by atoms with Gasteiger partial charge in [-0.3, -0.25) is 4.90 Å². The van der Waals surface area contributed by atoms with E-state index in [4.69, 9.17) is 9.47 Å². The van der Waals surface area contributed by atoms with Crippen LogP contribution in [0.15, 0.2) is 0 Å². The van der Waals surface area contributed by atoms with Crippen molar-refractivity contribution in [2.45, 2.75) is 44.9 Å². The van der Waals surface area contributed by atoms with E-state index in [1.54, 1.807) is 20.8 Å². The van der Waals surface area contributed by atoms with Crippen molar-refractivity contribution in [1.82, 2.24) is 4.90 Å². The topological polar surface area (TPSA) is 76.1 Å². The highest BCUT2D eigenvalue weighted by atomic mass is 16.6. The van der Waals surface area contributed by atoms with Crippen LogP contribution in [0.2, 0.25) is 0 Å². The van der Waals surface area contributed by atoms with Crippen molar-refractivity contribution in [1.29, 1.82) is 0 Å². The molecule has 1 N–H and O–H groups in total. The number of rotatable bonds is 1. The smallest absolute Gasteiger partial charge is 0.411 e. The molecule has 102 valence electrons. The molecule has 2 saturated heterocycles. The maximum Gasteiger partial charge on any atom is 0.411 e. The van der Waals surface area contributed by atoms with Gasteiger partial charge in [-0.05, 0) is 27.2 Å². The minimum absolute atomic E-state index is 0.110. The Kier molecular flexibility index (Phi) is 3.23. The van der Waals surface area contributed by atoms with Crippen molar-refractivity contribution >= 4 is 12.1 Å². The summed E-state index contributed by atoms with van der Waals surface area (Å²) < 4.78 is 10.6. The Bertz CT molecular complexity index is 362. The third-order valence-electron chi connectivity index (χ3n) is 3.27. The summed E-state index contributed by atoms with van der Waals surface area (Å²) in [5.41, 5.74) is -0.627. The van der Waals surface area contributed by atoms with Crippen LogP contribution >= 0.6 is 0 Å². The van der Waals surface area contributed by atoms with Gasteiger partial charge in [0.15, 0.2) is 0 Å². The lowest BCUT2D eigenvalue weighted by atomic mass is 10.0. The fourth-order valence-electron chi connectivity index (χ4n) is 2.55. The predicted molar refractivity (Wildman–Crippen MR) is 62.2 cm³/mol. The summed E-state index contributed by atoms with van der Waals surface area (Å²) in [5, 5.41) is 9.20. The molecule has 0 spiro atoms. The molecule has 2 aliphatic rings. The molecule has 0 aromatic heterocycles. The number of ether oxygens (including phenoxy) is 2. The number of carboxylic acid groups (broad SMARTS) is 1. The molecule has 2 rings (SSSR count). The average molecular weight is 257 g/mol. The van der Waals surface area contributed by atoms with Crippen LogP contribution in [0.25, 0.3) is 0 Å². The Balaban J connectivity index is 2.16. The van der Waals surface area contributed by atoms with Crippen molar-refractivity contribution in [2.24, 2.45) is 5.92 Å². The number of amides is 1. The number of hydrogen-bond donors (Lipinski definition) is 1. The molecule has 18 heavy (non-hydrogen) atoms. The fourth-order valence-corrected chi connectivity index (χ4v) is 2.55. The van der Waals surface area contributed by atoms with Crippen molar-refractivity contribution in [3.8, 4) is 0 Å². The van der Waals surface area contributed by atoms with E-state index in [2.05, 4.69) is 0 Å². The van der Waals surface area contributed by atoms with Gasteiger partial charge in [-0.15, -0.1) is 0 Å². The SMILES string of the molecule is CC(C)(C)OC(=O)N1[C@H](C(=O)O)C[C@@H]2COC[C@@H]21. The molecule has 1 amide bonds. The summed E-state index contributed by atoms with van der Waals surface area (Å²) in [4.78, 5) is 24.7. The van der Waals surface area contributed by atoms with Gasteiger partial charge in [0.1, 0.15) is 11.6 Å². The first kappa shape index (κ1) is 13.1. The summed E-state index contributed by atoms with van der Waals surface area (Å²) in [7, 11) is 0. The lowest BCUT2D eigenvalue weighted by Gasteiger charge is -2.30. The first-order chi connectivity index (χ1) is 8.29. The monoisotopic (exact) mass is 257 g/mol. The van der Waals surface area contributed by atoms with Gasteiger partial charge in [-0.2, -0.15) is 0 Å². The van der Waals surface area contributed by atoms with E-state index in [1.807, 2.05) is 0 Å². The van der Waals surface area contributed by atoms with Crippen LogP contribution in [0.3, 0.4) is 0 Å². The van der Waals surface area contributed by atoms with Crippen molar-refractivity contribution in [2.75, 3.05) is 13.2 Å². The van der Waals surface area contributed by atoms with Gasteiger partial charge >= 0.3 is 12.1 Å². The van der Waals surface area contributed by atoms with Gasteiger partial charge in [0.2, 0.25) is 0 Å². The summed E-state index contributed by atoms with van der Waals surface area (Å²) in [6, 6.07) is -0.959. The largest absolute Gasteiger partial charge is 0.480 e. The molecule has 0 aliphatic carbocycles. The van der Waals surface area contributed by atoms with Crippen LogP contribution in [0, 0.1) is 5.92 Å². The molecule has 0 bridgehead atoms. The molecule has 3 atom stereocenters. The van der Waals surface area contributed by atoms with E-state index >= 15 is 0 Å². The summed E-state index contributed by atoms with van der Waals surface area (Å²) in [6.45, 7) is 6.21. The van der Waals surface area contributed by atoms with Crippen LogP contribution < -0.4 is 0 Å². The van der Waals surface area contributed by atoms with E-state index in [1.165, 1.54) is 4.90 Å². The summed E-state index contributed by atoms with van der Waals surface area (Å²) in [6.07, 6.45) is -0.118. The second-order valence-electron chi connectivity index (χ2n) is 5.84. The Morgan fingerprint density at radius 3 is 2.56 bits per heavy atom. The number of carbonyl (C=O) groups is 2. The predicted octanol–water partition coefficient (Wildman–Crippen LogP) is 1.10. The Morgan fingerprint density at radius 1 is 1.33 bits per heavy atom. The molecule has 0 aromatic rings. The molecule has 6 nitrogen and oxygen atoms in total. The highest BCUT2D eigenvalue weighted by Gasteiger charge is 2.50. The van der Waals surface area contributed by atoms with E-state index in [-0.39, 0.29) is 12.0 Å². The van der Waals surface area contributed by atoms with Crippen molar-refractivity contribution < 1.29 is 24.2 Å². The molecular weight excluding hydrogens is 238 g/mol. The van der Waals surface area contributed by atoms with Crippen LogP contribution in [-0.4, -0.2) is 53.0 Å². The number of aliphatic carboxylic acids is 1. The van der Waals surface area contributed by atoms with E-state index in [0.29, 0.717) is 19.6 Å². The van der Waals surface area contributed by atoms with E-state index in [0.717, 1.165) is 0 Å². The molecule has 0 unspecified atom stereocenters. The van der Waals surface area contributed by atoms with Gasteiger partial charge < -0.3 is 14.6 Å². The minimum Gasteiger partial charge on any atom is -0.480 e. The second-order valence-corrected chi connectivity index (χ2v) is 5.84. The number of carboxylic acids is 1. The molecule has 0 aromatic carbocycles. The van der Waals surface area contributed by atoms with Crippen LogP contribution in [0.1, 0.15) is 27.2 Å². The standard InChI is InChI=1S/C12H19NO5/c1-12(2,3)18-11(16)13-8(10(14)15)4-7-5-17-6-9(7)13/h7-9H,4-6H2,1-3H3,(H,14,15)/t7-,8+,9+/m1/s1. The third-order valence-corrected chi connectivity index (χ3v) is 3.27. The maximum absolute atomic E-state index is 12.1. The van der Waals surface area contributed by atoms with Crippen LogP contribution in [0.5, 0.6) is 0 Å². The minimum atomic E-state index is -0.977. The molecule has 0 radical (unpaired) electrons. The summed E-state index contributed by atoms with van der Waals surface area (Å²) >= 11 is 0. The second kappa shape index (κ2) is 4.42. The van der Waals surface area contributed by atoms with Crippen molar-refractivity contribution in [3.63, 3.8) is 0 Å². The molecule has 2 heterocycles. The zero-order valence-electron chi connectivity index (χ0n) is 10.9. The van der Waals surface area contributed by atoms with Gasteiger partial charge in [0, 0.05) is 5.92 Å². The highest BCUT2D eigenvalue weighted by molar-refractivity contribution is 5.81. The lowest BCUT2D eigenvalue weighted by Crippen LogP contribution is -2.48. The van der Waals surface area contributed by atoms with E-state index < -0.39 is 23.7 Å². The van der Waals surface area contributed by atoms with E-state index in [9.17, 15) is 14.7 Å². The third kappa shape index (κ3) is 2.43. The summed E-state index contributed by atoms with van der Waals surface area (Å²) in [5.74, 6) is -0.867.